The van der Waals surface area contributed by atoms with Crippen molar-refractivity contribution in [2.24, 2.45) is 5.92 Å². The summed E-state index contributed by atoms with van der Waals surface area (Å²) in [5.74, 6) is -0.249. The third kappa shape index (κ3) is 4.95. The van der Waals surface area contributed by atoms with Crippen LogP contribution in [0.5, 0.6) is 0 Å². The molecule has 2 amide bonds. The lowest BCUT2D eigenvalue weighted by atomic mass is 10.1. The number of carbonyl (C=O) groups excluding carboxylic acids is 2. The van der Waals surface area contributed by atoms with Crippen molar-refractivity contribution in [2.45, 2.75) is 33.6 Å². The van der Waals surface area contributed by atoms with Crippen molar-refractivity contribution < 1.29 is 9.59 Å². The molecule has 2 rings (SSSR count). The van der Waals surface area contributed by atoms with Gasteiger partial charge in [0, 0.05) is 31.7 Å². The Morgan fingerprint density at radius 2 is 2.00 bits per heavy atom. The predicted octanol–water partition coefficient (Wildman–Crippen LogP) is 2.19. The summed E-state index contributed by atoms with van der Waals surface area (Å²) in [7, 11) is 0. The third-order valence-electron chi connectivity index (χ3n) is 4.39. The number of anilines is 1. The highest BCUT2D eigenvalue weighted by Crippen LogP contribution is 2.29. The SMILES string of the molecule is CCCNCCNC(=O)C1CC(=O)N(c2cccc(C)c2C)C1.Cl. The molecule has 2 N–H and O–H groups in total. The van der Waals surface area contributed by atoms with Crippen molar-refractivity contribution >= 4 is 29.9 Å². The first-order valence-corrected chi connectivity index (χ1v) is 8.39. The number of rotatable bonds is 7. The monoisotopic (exact) mass is 353 g/mol. The first kappa shape index (κ1) is 20.5. The summed E-state index contributed by atoms with van der Waals surface area (Å²) in [6.45, 7) is 8.96. The van der Waals surface area contributed by atoms with E-state index in [2.05, 4.69) is 17.6 Å². The summed E-state index contributed by atoms with van der Waals surface area (Å²) >= 11 is 0. The maximum Gasteiger partial charge on any atom is 0.227 e. The summed E-state index contributed by atoms with van der Waals surface area (Å²) < 4.78 is 0. The number of nitrogens with one attached hydrogen (secondary N) is 2. The molecule has 1 aliphatic heterocycles. The lowest BCUT2D eigenvalue weighted by molar-refractivity contribution is -0.126. The van der Waals surface area contributed by atoms with E-state index in [0.717, 1.165) is 36.3 Å². The van der Waals surface area contributed by atoms with Crippen LogP contribution in [0.15, 0.2) is 18.2 Å². The van der Waals surface area contributed by atoms with Gasteiger partial charge in [-0.25, -0.2) is 0 Å². The van der Waals surface area contributed by atoms with Crippen molar-refractivity contribution in [2.75, 3.05) is 31.1 Å². The van der Waals surface area contributed by atoms with Gasteiger partial charge in [0.05, 0.1) is 5.92 Å². The fourth-order valence-corrected chi connectivity index (χ4v) is 2.86. The first-order valence-electron chi connectivity index (χ1n) is 8.39. The van der Waals surface area contributed by atoms with Crippen molar-refractivity contribution in [3.63, 3.8) is 0 Å². The van der Waals surface area contributed by atoms with Crippen molar-refractivity contribution in [1.82, 2.24) is 10.6 Å². The van der Waals surface area contributed by atoms with E-state index in [9.17, 15) is 9.59 Å². The number of nitrogens with zero attached hydrogens (tertiary/aromatic N) is 1. The fourth-order valence-electron chi connectivity index (χ4n) is 2.86. The zero-order chi connectivity index (χ0) is 16.8. The van der Waals surface area contributed by atoms with E-state index >= 15 is 0 Å². The Balaban J connectivity index is 0.00000288. The van der Waals surface area contributed by atoms with Crippen LogP contribution in [0.25, 0.3) is 0 Å². The zero-order valence-corrected chi connectivity index (χ0v) is 15.5. The van der Waals surface area contributed by atoms with Gasteiger partial charge in [-0.1, -0.05) is 19.1 Å². The van der Waals surface area contributed by atoms with E-state index in [1.165, 1.54) is 0 Å². The molecule has 1 aromatic rings. The highest BCUT2D eigenvalue weighted by atomic mass is 35.5. The molecule has 1 atom stereocenters. The highest BCUT2D eigenvalue weighted by Gasteiger charge is 2.35. The maximum absolute atomic E-state index is 12.3. The second-order valence-corrected chi connectivity index (χ2v) is 6.17. The third-order valence-corrected chi connectivity index (χ3v) is 4.39. The second-order valence-electron chi connectivity index (χ2n) is 6.17. The molecule has 1 aromatic carbocycles. The van der Waals surface area contributed by atoms with E-state index in [1.54, 1.807) is 4.90 Å². The number of aryl methyl sites for hydroxylation is 1. The van der Waals surface area contributed by atoms with E-state index in [4.69, 9.17) is 0 Å². The second kappa shape index (κ2) is 9.64. The molecule has 1 heterocycles. The van der Waals surface area contributed by atoms with Gasteiger partial charge in [0.2, 0.25) is 11.8 Å². The first-order chi connectivity index (χ1) is 11.0. The molecule has 5 nitrogen and oxygen atoms in total. The molecule has 24 heavy (non-hydrogen) atoms. The molecule has 1 unspecified atom stereocenters. The van der Waals surface area contributed by atoms with Crippen molar-refractivity contribution in [1.29, 1.82) is 0 Å². The standard InChI is InChI=1S/C18H27N3O2.ClH/c1-4-8-19-9-10-20-18(23)15-11-17(22)21(12-15)16-7-5-6-13(2)14(16)3;/h5-7,15,19H,4,8-12H2,1-3H3,(H,20,23);1H. The smallest absolute Gasteiger partial charge is 0.227 e. The molecule has 134 valence electrons. The van der Waals surface area contributed by atoms with Gasteiger partial charge in [-0.3, -0.25) is 9.59 Å². The summed E-state index contributed by atoms with van der Waals surface area (Å²) in [5.41, 5.74) is 3.19. The summed E-state index contributed by atoms with van der Waals surface area (Å²) in [4.78, 5) is 26.3. The van der Waals surface area contributed by atoms with Crippen LogP contribution in [0.2, 0.25) is 0 Å². The number of amides is 2. The molecule has 0 aromatic heterocycles. The van der Waals surface area contributed by atoms with Crippen molar-refractivity contribution in [3.8, 4) is 0 Å². The summed E-state index contributed by atoms with van der Waals surface area (Å²) in [5, 5.41) is 6.17. The van der Waals surface area contributed by atoms with Gasteiger partial charge >= 0.3 is 0 Å². The molecule has 1 saturated heterocycles. The molecule has 6 heteroatoms. The van der Waals surface area contributed by atoms with Gasteiger partial charge in [-0.05, 0) is 44.0 Å². The molecule has 0 saturated carbocycles. The fraction of sp³-hybridized carbons (Fsp3) is 0.556. The lowest BCUT2D eigenvalue weighted by Crippen LogP contribution is -2.37. The van der Waals surface area contributed by atoms with Gasteiger partial charge in [-0.15, -0.1) is 12.4 Å². The molecular formula is C18H28ClN3O2. The highest BCUT2D eigenvalue weighted by molar-refractivity contribution is 6.00. The minimum Gasteiger partial charge on any atom is -0.355 e. The Labute approximate surface area is 150 Å². The van der Waals surface area contributed by atoms with E-state index in [0.29, 0.717) is 19.5 Å². The molecule has 0 spiro atoms. The molecule has 0 radical (unpaired) electrons. The molecule has 0 aliphatic carbocycles. The average Bonchev–Trinajstić information content (AvgIpc) is 2.91. The Hall–Kier alpha value is -1.59. The van der Waals surface area contributed by atoms with Crippen LogP contribution >= 0.6 is 12.4 Å². The van der Waals surface area contributed by atoms with Crippen LogP contribution in [0, 0.1) is 19.8 Å². The zero-order valence-electron chi connectivity index (χ0n) is 14.7. The number of hydrogen-bond donors (Lipinski definition) is 2. The van der Waals surface area contributed by atoms with Crippen LogP contribution < -0.4 is 15.5 Å². The Morgan fingerprint density at radius 3 is 2.71 bits per heavy atom. The number of hydrogen-bond acceptors (Lipinski definition) is 3. The Bertz CT molecular complexity index is 577. The van der Waals surface area contributed by atoms with Crippen LogP contribution in [-0.4, -0.2) is 38.0 Å². The number of carbonyl (C=O) groups is 2. The molecule has 1 fully saturated rings. The van der Waals surface area contributed by atoms with Crippen LogP contribution in [0.1, 0.15) is 30.9 Å². The van der Waals surface area contributed by atoms with E-state index in [-0.39, 0.29) is 30.1 Å². The summed E-state index contributed by atoms with van der Waals surface area (Å²) in [6, 6.07) is 5.94. The van der Waals surface area contributed by atoms with Crippen LogP contribution in [0.4, 0.5) is 5.69 Å². The predicted molar refractivity (Wildman–Crippen MR) is 99.8 cm³/mol. The van der Waals surface area contributed by atoms with Crippen LogP contribution in [0.3, 0.4) is 0 Å². The maximum atomic E-state index is 12.3. The van der Waals surface area contributed by atoms with Gasteiger partial charge in [0.1, 0.15) is 0 Å². The molecule has 0 bridgehead atoms. The topological polar surface area (TPSA) is 61.4 Å². The van der Waals surface area contributed by atoms with Gasteiger partial charge in [-0.2, -0.15) is 0 Å². The normalized spacial score (nSPS) is 16.9. The minimum absolute atomic E-state index is 0. The number of halogens is 1. The summed E-state index contributed by atoms with van der Waals surface area (Å²) in [6.07, 6.45) is 1.37. The molecule has 1 aliphatic rings. The quantitative estimate of drug-likeness (QED) is 0.739. The van der Waals surface area contributed by atoms with Gasteiger partial charge in [0.15, 0.2) is 0 Å². The minimum atomic E-state index is -0.256. The van der Waals surface area contributed by atoms with E-state index in [1.807, 2.05) is 32.0 Å². The Morgan fingerprint density at radius 1 is 1.25 bits per heavy atom. The molecular weight excluding hydrogens is 326 g/mol. The Kier molecular flexibility index (Phi) is 8.22. The van der Waals surface area contributed by atoms with E-state index < -0.39 is 0 Å². The largest absolute Gasteiger partial charge is 0.355 e. The lowest BCUT2D eigenvalue weighted by Gasteiger charge is -2.20. The average molecular weight is 354 g/mol. The van der Waals surface area contributed by atoms with Gasteiger partial charge < -0.3 is 15.5 Å². The number of benzene rings is 1. The van der Waals surface area contributed by atoms with Crippen molar-refractivity contribution in [3.05, 3.63) is 29.3 Å². The van der Waals surface area contributed by atoms with Crippen LogP contribution in [-0.2, 0) is 9.59 Å². The van der Waals surface area contributed by atoms with Gasteiger partial charge in [0.25, 0.3) is 0 Å².